The first-order chi connectivity index (χ1) is 14.2. The fraction of sp³-hybridized carbons (Fsp3) is 0.600. The van der Waals surface area contributed by atoms with E-state index in [1.807, 2.05) is 7.05 Å². The Balaban J connectivity index is 1.49. The van der Waals surface area contributed by atoms with E-state index in [2.05, 4.69) is 4.90 Å². The normalized spacial score (nSPS) is 19.6. The fourth-order valence-corrected chi connectivity index (χ4v) is 5.47. The maximum atomic E-state index is 13.9. The average molecular weight is 441 g/mol. The van der Waals surface area contributed by atoms with Gasteiger partial charge in [-0.25, -0.2) is 12.8 Å². The Morgan fingerprint density at radius 1 is 1.07 bits per heavy atom. The molecule has 0 spiro atoms. The Morgan fingerprint density at radius 2 is 1.67 bits per heavy atom. The smallest absolute Gasteiger partial charge is 0.246 e. The molecule has 2 heterocycles. The Hall–Kier alpha value is -2.04. The minimum atomic E-state index is -3.91. The summed E-state index contributed by atoms with van der Waals surface area (Å²) in [7, 11) is -2.10. The van der Waals surface area contributed by atoms with E-state index >= 15 is 0 Å². The van der Waals surface area contributed by atoms with Crippen molar-refractivity contribution in [2.45, 2.75) is 30.7 Å². The fourth-order valence-electron chi connectivity index (χ4n) is 3.98. The van der Waals surface area contributed by atoms with Gasteiger partial charge in [0.05, 0.1) is 6.54 Å². The molecule has 2 saturated heterocycles. The summed E-state index contributed by atoms with van der Waals surface area (Å²) in [6.07, 6.45) is 1.66. The third-order valence-corrected chi connectivity index (χ3v) is 7.94. The van der Waals surface area contributed by atoms with Crippen LogP contribution in [0, 0.1) is 5.82 Å². The molecule has 0 N–H and O–H groups in total. The maximum absolute atomic E-state index is 13.9. The Kier molecular flexibility index (Phi) is 7.10. The lowest BCUT2D eigenvalue weighted by Gasteiger charge is -2.38. The first kappa shape index (κ1) is 22.6. The Morgan fingerprint density at radius 3 is 2.23 bits per heavy atom. The van der Waals surface area contributed by atoms with Crippen LogP contribution in [0.4, 0.5) is 4.39 Å². The van der Waals surface area contributed by atoms with Crippen molar-refractivity contribution in [1.29, 1.82) is 0 Å². The maximum Gasteiger partial charge on any atom is 0.246 e. The molecule has 8 nitrogen and oxygen atoms in total. The van der Waals surface area contributed by atoms with Gasteiger partial charge in [0.2, 0.25) is 21.8 Å². The van der Waals surface area contributed by atoms with E-state index in [1.165, 1.54) is 22.5 Å². The van der Waals surface area contributed by atoms with Crippen LogP contribution in [0.1, 0.15) is 19.8 Å². The van der Waals surface area contributed by atoms with Gasteiger partial charge in [-0.1, -0.05) is 12.1 Å². The van der Waals surface area contributed by atoms with Crippen molar-refractivity contribution in [1.82, 2.24) is 19.0 Å². The number of rotatable bonds is 5. The molecule has 0 aliphatic carbocycles. The van der Waals surface area contributed by atoms with Crippen LogP contribution in [0.3, 0.4) is 0 Å². The molecule has 0 aromatic heterocycles. The second-order valence-electron chi connectivity index (χ2n) is 7.85. The van der Waals surface area contributed by atoms with Crippen LogP contribution in [0.5, 0.6) is 0 Å². The van der Waals surface area contributed by atoms with Crippen molar-refractivity contribution in [3.05, 3.63) is 30.1 Å². The molecule has 10 heteroatoms. The molecule has 1 aromatic carbocycles. The van der Waals surface area contributed by atoms with E-state index < -0.39 is 15.8 Å². The number of halogens is 1. The van der Waals surface area contributed by atoms with Crippen LogP contribution in [0.2, 0.25) is 0 Å². The summed E-state index contributed by atoms with van der Waals surface area (Å²) in [5.41, 5.74) is 0. The minimum Gasteiger partial charge on any atom is -0.343 e. The van der Waals surface area contributed by atoms with Gasteiger partial charge in [-0.05, 0) is 25.0 Å². The molecule has 0 saturated carbocycles. The summed E-state index contributed by atoms with van der Waals surface area (Å²) >= 11 is 0. The minimum absolute atomic E-state index is 0.0312. The van der Waals surface area contributed by atoms with Gasteiger partial charge in [0, 0.05) is 59.3 Å². The van der Waals surface area contributed by atoms with Crippen LogP contribution in [-0.4, -0.2) is 98.1 Å². The van der Waals surface area contributed by atoms with Crippen molar-refractivity contribution >= 4 is 21.8 Å². The molecular weight excluding hydrogens is 411 g/mol. The van der Waals surface area contributed by atoms with E-state index in [-0.39, 0.29) is 55.5 Å². The highest BCUT2D eigenvalue weighted by molar-refractivity contribution is 7.89. The average Bonchev–Trinajstić information content (AvgIpc) is 2.74. The summed E-state index contributed by atoms with van der Waals surface area (Å²) < 4.78 is 40.5. The summed E-state index contributed by atoms with van der Waals surface area (Å²) in [4.78, 5) is 29.3. The Bertz CT molecular complexity index is 879. The zero-order chi connectivity index (χ0) is 21.9. The van der Waals surface area contributed by atoms with Crippen LogP contribution < -0.4 is 0 Å². The lowest BCUT2D eigenvalue weighted by atomic mass is 10.0. The van der Waals surface area contributed by atoms with Crippen molar-refractivity contribution in [2.24, 2.45) is 0 Å². The highest BCUT2D eigenvalue weighted by Gasteiger charge is 2.32. The molecule has 166 valence electrons. The molecule has 0 radical (unpaired) electrons. The lowest BCUT2D eigenvalue weighted by molar-refractivity contribution is -0.135. The first-order valence-corrected chi connectivity index (χ1v) is 11.6. The number of hydrogen-bond donors (Lipinski definition) is 0. The monoisotopic (exact) mass is 440 g/mol. The van der Waals surface area contributed by atoms with Crippen molar-refractivity contribution in [3.8, 4) is 0 Å². The molecule has 30 heavy (non-hydrogen) atoms. The Labute approximate surface area is 177 Å². The van der Waals surface area contributed by atoms with Crippen LogP contribution in [0.15, 0.2) is 29.2 Å². The van der Waals surface area contributed by atoms with Gasteiger partial charge in [0.15, 0.2) is 0 Å². The van der Waals surface area contributed by atoms with Gasteiger partial charge in [0.1, 0.15) is 10.7 Å². The molecule has 1 aromatic rings. The molecule has 0 unspecified atom stereocenters. The number of carbonyl (C=O) groups is 2. The molecule has 0 atom stereocenters. The number of benzene rings is 1. The molecule has 3 rings (SSSR count). The number of piperazine rings is 1. The number of carbonyl (C=O) groups excluding carboxylic acids is 2. The van der Waals surface area contributed by atoms with Crippen molar-refractivity contribution < 1.29 is 22.4 Å². The van der Waals surface area contributed by atoms with E-state index in [9.17, 15) is 22.4 Å². The molecule has 2 fully saturated rings. The van der Waals surface area contributed by atoms with Gasteiger partial charge in [-0.3, -0.25) is 14.5 Å². The number of likely N-dealkylation sites (tertiary alicyclic amines) is 1. The molecule has 0 bridgehead atoms. The number of nitrogens with zero attached hydrogens (tertiary/aromatic N) is 4. The second-order valence-corrected chi connectivity index (χ2v) is 9.76. The van der Waals surface area contributed by atoms with Gasteiger partial charge < -0.3 is 9.80 Å². The summed E-state index contributed by atoms with van der Waals surface area (Å²) in [6, 6.07) is 5.54. The van der Waals surface area contributed by atoms with Gasteiger partial charge in [-0.2, -0.15) is 4.31 Å². The predicted molar refractivity (Wildman–Crippen MR) is 110 cm³/mol. The number of amides is 2. The van der Waals surface area contributed by atoms with Crippen LogP contribution >= 0.6 is 0 Å². The lowest BCUT2D eigenvalue weighted by Crippen LogP contribution is -2.53. The first-order valence-electron chi connectivity index (χ1n) is 10.2. The summed E-state index contributed by atoms with van der Waals surface area (Å²) in [6.45, 7) is 4.21. The highest BCUT2D eigenvalue weighted by atomic mass is 32.2. The zero-order valence-corrected chi connectivity index (χ0v) is 18.3. The van der Waals surface area contributed by atoms with E-state index in [4.69, 9.17) is 0 Å². The van der Waals surface area contributed by atoms with Crippen LogP contribution in [-0.2, 0) is 19.6 Å². The largest absolute Gasteiger partial charge is 0.343 e. The highest BCUT2D eigenvalue weighted by Crippen LogP contribution is 2.21. The van der Waals surface area contributed by atoms with Gasteiger partial charge >= 0.3 is 0 Å². The number of piperidine rings is 1. The van der Waals surface area contributed by atoms with Gasteiger partial charge in [0.25, 0.3) is 0 Å². The van der Waals surface area contributed by atoms with E-state index in [0.29, 0.717) is 0 Å². The third-order valence-electron chi connectivity index (χ3n) is 6.01. The molecule has 2 aliphatic rings. The molecule has 2 aliphatic heterocycles. The van der Waals surface area contributed by atoms with E-state index in [0.717, 1.165) is 32.0 Å². The third kappa shape index (κ3) is 4.98. The molecular formula is C20H29FN4O4S. The van der Waals surface area contributed by atoms with Crippen molar-refractivity contribution in [2.75, 3.05) is 52.9 Å². The topological polar surface area (TPSA) is 81.2 Å². The SMILES string of the molecule is CC(=O)N(C)C1CCN(CC(=O)N2CCN(S(=O)(=O)c3ccccc3F)CC2)CC1. The van der Waals surface area contributed by atoms with E-state index in [1.54, 1.807) is 16.7 Å². The van der Waals surface area contributed by atoms with Crippen LogP contribution in [0.25, 0.3) is 0 Å². The number of hydrogen-bond acceptors (Lipinski definition) is 5. The zero-order valence-electron chi connectivity index (χ0n) is 17.5. The summed E-state index contributed by atoms with van der Waals surface area (Å²) in [5, 5.41) is 0. The standard InChI is InChI=1S/C20H29FN4O4S/c1-16(26)22(2)17-7-9-23(10-8-17)15-20(27)24-11-13-25(14-12-24)30(28,29)19-6-4-3-5-18(19)21/h3-6,17H,7-15H2,1-2H3. The predicted octanol–water partition coefficient (Wildman–Crippen LogP) is 0.601. The quantitative estimate of drug-likeness (QED) is 0.670. The van der Waals surface area contributed by atoms with Crippen molar-refractivity contribution in [3.63, 3.8) is 0 Å². The molecule has 2 amide bonds. The second kappa shape index (κ2) is 9.40. The summed E-state index contributed by atoms with van der Waals surface area (Å²) in [5.74, 6) is -0.751. The number of sulfonamides is 1. The van der Waals surface area contributed by atoms with Gasteiger partial charge in [-0.15, -0.1) is 0 Å².